The molecule has 1 aliphatic rings. The average Bonchev–Trinajstić information content (AvgIpc) is 3.20. The number of benzene rings is 6. The summed E-state index contributed by atoms with van der Waals surface area (Å²) < 4.78 is 0. The summed E-state index contributed by atoms with van der Waals surface area (Å²) in [7, 11) is 7.48. The Bertz CT molecular complexity index is 1760. The molecule has 0 saturated heterocycles. The van der Waals surface area contributed by atoms with Gasteiger partial charge in [0.1, 0.15) is 31.8 Å². The van der Waals surface area contributed by atoms with Crippen LogP contribution in [0.5, 0.6) is 0 Å². The van der Waals surface area contributed by atoms with Crippen LogP contribution in [-0.4, -0.2) is 24.5 Å². The fraction of sp³-hybridized carbons (Fsp3) is 0.136. The van der Waals surface area contributed by atoms with Gasteiger partial charge in [-0.3, -0.25) is 9.98 Å². The van der Waals surface area contributed by atoms with Crippen molar-refractivity contribution >= 4 is 77.1 Å². The zero-order chi connectivity index (χ0) is 35.1. The summed E-state index contributed by atoms with van der Waals surface area (Å²) >= 11 is -0.826. The van der Waals surface area contributed by atoms with Gasteiger partial charge in [-0.1, -0.05) is 110 Å². The average molecular weight is 823 g/mol. The Balaban J connectivity index is 0.00000144. The first-order valence-electron chi connectivity index (χ1n) is 17.4. The molecular weight excluding hydrogens is 781 g/mol. The van der Waals surface area contributed by atoms with Crippen LogP contribution in [0.4, 0.5) is 0 Å². The van der Waals surface area contributed by atoms with E-state index in [9.17, 15) is 0 Å². The molecule has 2 atom stereocenters. The Hall–Kier alpha value is -3.02. The molecule has 1 aliphatic carbocycles. The number of nitrogens with zero attached hydrogens (tertiary/aromatic N) is 2. The fourth-order valence-corrected chi connectivity index (χ4v) is 12.3. The second-order valence-electron chi connectivity index (χ2n) is 12.4. The van der Waals surface area contributed by atoms with E-state index in [0.717, 1.165) is 12.8 Å². The van der Waals surface area contributed by atoms with Crippen molar-refractivity contribution in [2.75, 3.05) is 0 Å². The quantitative estimate of drug-likeness (QED) is 0.0975. The number of aliphatic imine (C=N–C) groups is 2. The fourth-order valence-electron chi connectivity index (χ4n) is 6.84. The van der Waals surface area contributed by atoms with Gasteiger partial charge in [-0.2, -0.15) is 0 Å². The van der Waals surface area contributed by atoms with Crippen molar-refractivity contribution in [2.24, 2.45) is 9.98 Å². The normalized spacial score (nSPS) is 15.9. The topological polar surface area (TPSA) is 24.7 Å². The number of hydrogen-bond acceptors (Lipinski definition) is 2. The molecule has 0 aromatic heterocycles. The van der Waals surface area contributed by atoms with Crippen LogP contribution in [-0.2, 0) is 20.8 Å². The molecule has 0 spiro atoms. The van der Waals surface area contributed by atoms with Crippen molar-refractivity contribution < 1.29 is 20.8 Å². The standard InChI is InChI=1S/C44H40N2P2.2ClH.Zr/c1-5-21-37(22-6-1)47(38-23-7-2-8-24-38)43-31-17-13-19-35(43)33-45-41-29-15-16-30-42(41)46-34-36-20-14-18-32-44(36)48(39-25-9-3-10-26-39)40-27-11-4-12-28-40;;;/h1-14,17-28,31-34,41-42H,15-16,29-30H2;2*1H;/q;;;+2/t41-,42-;;;/m1.../s1. The summed E-state index contributed by atoms with van der Waals surface area (Å²) in [6.07, 6.45) is 8.85. The first-order chi connectivity index (χ1) is 25.3. The van der Waals surface area contributed by atoms with Gasteiger partial charge in [0, 0.05) is 23.6 Å². The predicted molar refractivity (Wildman–Crippen MR) is 226 cm³/mol. The second-order valence-corrected chi connectivity index (χ2v) is 21.1. The predicted octanol–water partition coefficient (Wildman–Crippen LogP) is 8.89. The van der Waals surface area contributed by atoms with Crippen molar-refractivity contribution in [1.29, 1.82) is 0 Å². The maximum atomic E-state index is 5.31. The summed E-state index contributed by atoms with van der Waals surface area (Å²) in [4.78, 5) is 10.6. The van der Waals surface area contributed by atoms with Gasteiger partial charge in [0.15, 0.2) is 0 Å². The number of hydrogen-bond donors (Lipinski definition) is 0. The molecule has 0 unspecified atom stereocenters. The molecule has 2 nitrogen and oxygen atoms in total. The van der Waals surface area contributed by atoms with Gasteiger partial charge in [-0.15, -0.1) is 0 Å². The van der Waals surface area contributed by atoms with E-state index in [-0.39, 0.29) is 12.1 Å². The first-order valence-corrected chi connectivity index (χ1v) is 26.8. The Morgan fingerprint density at radius 3 is 1.02 bits per heavy atom. The van der Waals surface area contributed by atoms with Crippen LogP contribution in [0.2, 0.25) is 0 Å². The Kier molecular flexibility index (Phi) is 15.0. The first kappa shape index (κ1) is 37.7. The molecule has 1 saturated carbocycles. The van der Waals surface area contributed by atoms with Crippen LogP contribution in [0.15, 0.2) is 180 Å². The van der Waals surface area contributed by atoms with E-state index in [4.69, 9.17) is 27.0 Å². The van der Waals surface area contributed by atoms with Crippen molar-refractivity contribution in [3.05, 3.63) is 181 Å². The van der Waals surface area contributed by atoms with E-state index < -0.39 is 36.7 Å². The van der Waals surface area contributed by atoms with Crippen molar-refractivity contribution in [3.8, 4) is 0 Å². The SMILES string of the molecule is C(=N[C@@H]1CCCC[C@H]1N=Cc1ccccc1[PH+](c1ccccc1)c1ccccc1)c1ccccc1[PH+](c1ccccc1)c1ccccc1.[Cl][Zr][Cl]. The van der Waals surface area contributed by atoms with Crippen molar-refractivity contribution in [3.63, 3.8) is 0 Å². The minimum absolute atomic E-state index is 0.173. The van der Waals surface area contributed by atoms with E-state index in [2.05, 4.69) is 182 Å². The van der Waals surface area contributed by atoms with Gasteiger partial charge in [0.25, 0.3) is 0 Å². The molecule has 6 aromatic carbocycles. The van der Waals surface area contributed by atoms with Gasteiger partial charge >= 0.3 is 37.9 Å². The molecular formula is C44H42Cl2N2P2Zr+2. The molecule has 0 radical (unpaired) electrons. The maximum absolute atomic E-state index is 5.31. The number of rotatable bonds is 10. The summed E-state index contributed by atoms with van der Waals surface area (Å²) in [5, 5.41) is 8.32. The van der Waals surface area contributed by atoms with E-state index in [1.807, 2.05) is 0 Å². The Labute approximate surface area is 324 Å². The van der Waals surface area contributed by atoms with Crippen LogP contribution >= 0.6 is 32.9 Å². The van der Waals surface area contributed by atoms with Crippen LogP contribution in [0, 0.1) is 0 Å². The summed E-state index contributed by atoms with van der Waals surface area (Å²) in [6.45, 7) is 0. The molecule has 0 amide bonds. The van der Waals surface area contributed by atoms with Crippen LogP contribution in [0.3, 0.4) is 0 Å². The third-order valence-electron chi connectivity index (χ3n) is 9.21. The summed E-state index contributed by atoms with van der Waals surface area (Å²) in [6, 6.07) is 62.0. The van der Waals surface area contributed by atoms with Crippen molar-refractivity contribution in [2.45, 2.75) is 37.8 Å². The molecule has 0 bridgehead atoms. The Morgan fingerprint density at radius 2 is 0.706 bits per heavy atom. The van der Waals surface area contributed by atoms with Gasteiger partial charge < -0.3 is 0 Å². The van der Waals surface area contributed by atoms with Crippen molar-refractivity contribution in [1.82, 2.24) is 0 Å². The van der Waals surface area contributed by atoms with E-state index in [0.29, 0.717) is 0 Å². The Morgan fingerprint density at radius 1 is 0.431 bits per heavy atom. The molecule has 254 valence electrons. The molecule has 6 aromatic rings. The van der Waals surface area contributed by atoms with Gasteiger partial charge in [-0.05, 0) is 85.6 Å². The third-order valence-corrected chi connectivity index (χ3v) is 14.8. The number of halogens is 2. The summed E-state index contributed by atoms with van der Waals surface area (Å²) in [5.41, 5.74) is 2.44. The second kappa shape index (κ2) is 20.3. The molecule has 0 aliphatic heterocycles. The zero-order valence-corrected chi connectivity index (χ0v) is 34.4. The van der Waals surface area contributed by atoms with Gasteiger partial charge in [0.05, 0.1) is 27.9 Å². The van der Waals surface area contributed by atoms with Crippen LogP contribution < -0.4 is 31.8 Å². The molecule has 7 heteroatoms. The molecule has 0 heterocycles. The summed E-state index contributed by atoms with van der Waals surface area (Å²) in [5.74, 6) is 0. The zero-order valence-electron chi connectivity index (χ0n) is 28.5. The van der Waals surface area contributed by atoms with Crippen LogP contribution in [0.1, 0.15) is 36.8 Å². The minimum atomic E-state index is -1.19. The van der Waals surface area contributed by atoms with Gasteiger partial charge in [0.2, 0.25) is 0 Å². The molecule has 51 heavy (non-hydrogen) atoms. The van der Waals surface area contributed by atoms with Crippen LogP contribution in [0.25, 0.3) is 0 Å². The van der Waals surface area contributed by atoms with Gasteiger partial charge in [-0.25, -0.2) is 0 Å². The van der Waals surface area contributed by atoms with E-state index in [1.165, 1.54) is 55.8 Å². The molecule has 0 N–H and O–H groups in total. The molecule has 1 fully saturated rings. The van der Waals surface area contributed by atoms with E-state index >= 15 is 0 Å². The monoisotopic (exact) mass is 820 g/mol. The van der Waals surface area contributed by atoms with E-state index in [1.54, 1.807) is 0 Å². The molecule has 7 rings (SSSR count). The third kappa shape index (κ3) is 10.3.